The van der Waals surface area contributed by atoms with Crippen molar-refractivity contribution in [1.29, 1.82) is 0 Å². The highest BCUT2D eigenvalue weighted by atomic mass is 16.3. The Balaban J connectivity index is 1.67. The third kappa shape index (κ3) is 4.87. The predicted octanol–water partition coefficient (Wildman–Crippen LogP) is 4.05. The first-order valence-electron chi connectivity index (χ1n) is 9.62. The zero-order valence-electron chi connectivity index (χ0n) is 16.0. The molecule has 28 heavy (non-hydrogen) atoms. The van der Waals surface area contributed by atoms with E-state index in [4.69, 9.17) is 9.52 Å². The van der Waals surface area contributed by atoms with Crippen LogP contribution in [0.25, 0.3) is 22.3 Å². The smallest absolute Gasteiger partial charge is 0.251 e. The van der Waals surface area contributed by atoms with E-state index in [1.165, 1.54) is 6.07 Å². The van der Waals surface area contributed by atoms with E-state index in [0.717, 1.165) is 36.8 Å². The van der Waals surface area contributed by atoms with Crippen molar-refractivity contribution in [2.75, 3.05) is 13.2 Å². The summed E-state index contributed by atoms with van der Waals surface area (Å²) in [5.74, 6) is 0.362. The van der Waals surface area contributed by atoms with Crippen LogP contribution in [0.1, 0.15) is 41.6 Å². The Hall–Kier alpha value is -2.92. The minimum atomic E-state index is -0.121. The van der Waals surface area contributed by atoms with Crippen LogP contribution in [0.2, 0.25) is 0 Å². The fourth-order valence-electron chi connectivity index (χ4n) is 3.09. The first-order chi connectivity index (χ1) is 13.6. The molecule has 1 heterocycles. The van der Waals surface area contributed by atoms with Gasteiger partial charge >= 0.3 is 0 Å². The van der Waals surface area contributed by atoms with Crippen molar-refractivity contribution >= 4 is 16.9 Å². The van der Waals surface area contributed by atoms with Gasteiger partial charge in [0.15, 0.2) is 5.43 Å². The zero-order valence-corrected chi connectivity index (χ0v) is 16.0. The molecule has 0 unspecified atom stereocenters. The number of rotatable bonds is 8. The third-order valence-electron chi connectivity index (χ3n) is 4.68. The molecule has 2 N–H and O–H groups in total. The molecule has 3 aromatic rings. The van der Waals surface area contributed by atoms with Crippen molar-refractivity contribution in [2.45, 2.75) is 32.6 Å². The average Bonchev–Trinajstić information content (AvgIpc) is 2.71. The second-order valence-electron chi connectivity index (χ2n) is 6.95. The fourth-order valence-corrected chi connectivity index (χ4v) is 3.09. The summed E-state index contributed by atoms with van der Waals surface area (Å²) in [7, 11) is 0. The number of aryl methyl sites for hydroxylation is 1. The number of unbranched alkanes of at least 4 members (excludes halogenated alkanes) is 3. The molecule has 0 aliphatic carbocycles. The number of hydrogen-bond donors (Lipinski definition) is 2. The summed E-state index contributed by atoms with van der Waals surface area (Å²) in [5.41, 5.74) is 2.80. The van der Waals surface area contributed by atoms with Crippen molar-refractivity contribution in [3.63, 3.8) is 0 Å². The quantitative estimate of drug-likeness (QED) is 0.579. The molecule has 1 aromatic heterocycles. The number of amides is 1. The topological polar surface area (TPSA) is 79.5 Å². The third-order valence-corrected chi connectivity index (χ3v) is 4.68. The number of fused-ring (bicyclic) bond motifs is 1. The molecular weight excluding hydrogens is 354 g/mol. The number of carbonyl (C=O) groups is 1. The predicted molar refractivity (Wildman–Crippen MR) is 111 cm³/mol. The zero-order chi connectivity index (χ0) is 19.9. The molecule has 146 valence electrons. The van der Waals surface area contributed by atoms with Gasteiger partial charge in [-0.25, -0.2) is 0 Å². The standard InChI is InChI=1S/C23H25NO4/c1-16-6-11-21-19(14-16)20(26)15-22(28-21)17-7-9-18(10-8-17)23(27)24-12-4-2-3-5-13-25/h6-11,14-15,25H,2-5,12-13H2,1H3,(H,24,27). The minimum absolute atomic E-state index is 0.0806. The van der Waals surface area contributed by atoms with Crippen molar-refractivity contribution < 1.29 is 14.3 Å². The van der Waals surface area contributed by atoms with Crippen LogP contribution in [-0.4, -0.2) is 24.2 Å². The lowest BCUT2D eigenvalue weighted by Crippen LogP contribution is -2.24. The second-order valence-corrected chi connectivity index (χ2v) is 6.95. The highest BCUT2D eigenvalue weighted by Gasteiger charge is 2.09. The Labute approximate surface area is 164 Å². The van der Waals surface area contributed by atoms with Gasteiger partial charge in [-0.2, -0.15) is 0 Å². The first-order valence-corrected chi connectivity index (χ1v) is 9.62. The molecule has 0 fully saturated rings. The van der Waals surface area contributed by atoms with Gasteiger partial charge in [-0.1, -0.05) is 36.6 Å². The van der Waals surface area contributed by atoms with Crippen molar-refractivity contribution in [2.24, 2.45) is 0 Å². The molecule has 5 heteroatoms. The van der Waals surface area contributed by atoms with Crippen LogP contribution in [-0.2, 0) is 0 Å². The van der Waals surface area contributed by atoms with E-state index >= 15 is 0 Å². The monoisotopic (exact) mass is 379 g/mol. The van der Waals surface area contributed by atoms with Gasteiger partial charge in [-0.15, -0.1) is 0 Å². The molecule has 0 radical (unpaired) electrons. The maximum absolute atomic E-state index is 12.4. The van der Waals surface area contributed by atoms with Crippen molar-refractivity contribution in [3.8, 4) is 11.3 Å². The largest absolute Gasteiger partial charge is 0.456 e. The van der Waals surface area contributed by atoms with Crippen LogP contribution in [0.4, 0.5) is 0 Å². The molecule has 0 aliphatic rings. The first kappa shape index (κ1) is 19.8. The van der Waals surface area contributed by atoms with Gasteiger partial charge in [0.2, 0.25) is 0 Å². The Bertz CT molecular complexity index is 1010. The SMILES string of the molecule is Cc1ccc2oc(-c3ccc(C(=O)NCCCCCCO)cc3)cc(=O)c2c1. The van der Waals surface area contributed by atoms with Crippen LogP contribution in [0, 0.1) is 6.92 Å². The molecule has 0 spiro atoms. The molecule has 0 saturated heterocycles. The lowest BCUT2D eigenvalue weighted by atomic mass is 10.1. The molecule has 1 amide bonds. The number of aliphatic hydroxyl groups excluding tert-OH is 1. The molecular formula is C23H25NO4. The lowest BCUT2D eigenvalue weighted by molar-refractivity contribution is 0.0953. The van der Waals surface area contributed by atoms with Crippen molar-refractivity contribution in [3.05, 3.63) is 69.9 Å². The van der Waals surface area contributed by atoms with E-state index in [-0.39, 0.29) is 17.9 Å². The van der Waals surface area contributed by atoms with Gasteiger partial charge in [-0.05, 0) is 44.0 Å². The van der Waals surface area contributed by atoms with Gasteiger partial charge in [0.25, 0.3) is 5.91 Å². The normalized spacial score (nSPS) is 10.9. The number of carbonyl (C=O) groups excluding carboxylic acids is 1. The summed E-state index contributed by atoms with van der Waals surface area (Å²) in [6.07, 6.45) is 3.66. The summed E-state index contributed by atoms with van der Waals surface area (Å²) < 4.78 is 5.88. The molecule has 0 bridgehead atoms. The summed E-state index contributed by atoms with van der Waals surface area (Å²) in [5, 5.41) is 12.2. The molecule has 5 nitrogen and oxygen atoms in total. The van der Waals surface area contributed by atoms with Gasteiger partial charge in [0, 0.05) is 30.3 Å². The van der Waals surface area contributed by atoms with Crippen molar-refractivity contribution in [1.82, 2.24) is 5.32 Å². The number of hydrogen-bond acceptors (Lipinski definition) is 4. The van der Waals surface area contributed by atoms with E-state index in [0.29, 0.717) is 28.8 Å². The summed E-state index contributed by atoms with van der Waals surface area (Å²) in [4.78, 5) is 24.6. The molecule has 0 atom stereocenters. The molecule has 0 aliphatic heterocycles. The highest BCUT2D eigenvalue weighted by molar-refractivity contribution is 5.94. The summed E-state index contributed by atoms with van der Waals surface area (Å²) >= 11 is 0. The Morgan fingerprint density at radius 1 is 1.00 bits per heavy atom. The van der Waals surface area contributed by atoms with E-state index in [9.17, 15) is 9.59 Å². The molecule has 0 saturated carbocycles. The molecule has 3 rings (SSSR count). The molecule has 2 aromatic carbocycles. The Morgan fingerprint density at radius 2 is 1.75 bits per heavy atom. The number of nitrogens with one attached hydrogen (secondary N) is 1. The van der Waals surface area contributed by atoms with E-state index < -0.39 is 0 Å². The van der Waals surface area contributed by atoms with Gasteiger partial charge in [0.05, 0.1) is 5.39 Å². The minimum Gasteiger partial charge on any atom is -0.456 e. The van der Waals surface area contributed by atoms with Gasteiger partial charge < -0.3 is 14.8 Å². The maximum atomic E-state index is 12.4. The van der Waals surface area contributed by atoms with E-state index in [1.54, 1.807) is 30.3 Å². The summed E-state index contributed by atoms with van der Waals surface area (Å²) in [6.45, 7) is 2.77. The van der Waals surface area contributed by atoms with E-state index in [2.05, 4.69) is 5.32 Å². The van der Waals surface area contributed by atoms with Crippen LogP contribution in [0.15, 0.2) is 57.7 Å². The van der Waals surface area contributed by atoms with Gasteiger partial charge in [-0.3, -0.25) is 9.59 Å². The van der Waals surface area contributed by atoms with Crippen LogP contribution >= 0.6 is 0 Å². The van der Waals surface area contributed by atoms with Crippen LogP contribution < -0.4 is 10.7 Å². The number of aliphatic hydroxyl groups is 1. The highest BCUT2D eigenvalue weighted by Crippen LogP contribution is 2.23. The second kappa shape index (κ2) is 9.33. The van der Waals surface area contributed by atoms with Crippen LogP contribution in [0.3, 0.4) is 0 Å². The lowest BCUT2D eigenvalue weighted by Gasteiger charge is -2.07. The van der Waals surface area contributed by atoms with Gasteiger partial charge in [0.1, 0.15) is 11.3 Å². The fraction of sp³-hybridized carbons (Fsp3) is 0.304. The summed E-state index contributed by atoms with van der Waals surface area (Å²) in [6, 6.07) is 14.1. The Morgan fingerprint density at radius 3 is 2.50 bits per heavy atom. The van der Waals surface area contributed by atoms with Crippen LogP contribution in [0.5, 0.6) is 0 Å². The maximum Gasteiger partial charge on any atom is 0.251 e. The van der Waals surface area contributed by atoms with E-state index in [1.807, 2.05) is 19.1 Å². The average molecular weight is 379 g/mol. The Kier molecular flexibility index (Phi) is 6.61. The number of benzene rings is 2.